The number of carbonyl (C=O) groups is 6. The largest absolute Gasteiger partial charge is 0.478 e. The molecule has 26 heavy (non-hydrogen) atoms. The van der Waals surface area contributed by atoms with E-state index in [4.69, 9.17) is 10.2 Å². The first-order valence-electron chi connectivity index (χ1n) is 7.62. The fourth-order valence-electron chi connectivity index (χ4n) is 1.78. The SMILES string of the molecule is CCCCC(=O)C(NC(=O)/C=C\C(=O)O)C(C=O)NC(=O)/C=C\C(=O)O. The molecule has 2 unspecified atom stereocenters. The molecule has 4 N–H and O–H groups in total. The van der Waals surface area contributed by atoms with Crippen molar-refractivity contribution < 1.29 is 39.0 Å². The molecule has 0 aromatic heterocycles. The fraction of sp³-hybridized carbons (Fsp3) is 0.375. The van der Waals surface area contributed by atoms with Gasteiger partial charge in [-0.05, 0) is 6.42 Å². The Labute approximate surface area is 148 Å². The highest BCUT2D eigenvalue weighted by atomic mass is 16.4. The number of carboxylic acid groups (broad SMARTS) is 2. The van der Waals surface area contributed by atoms with Crippen LogP contribution in [0, 0.1) is 0 Å². The van der Waals surface area contributed by atoms with Gasteiger partial charge in [-0.2, -0.15) is 0 Å². The summed E-state index contributed by atoms with van der Waals surface area (Å²) in [7, 11) is 0. The number of Topliss-reactive ketones (excluding diaryl/α,β-unsaturated/α-hetero) is 1. The van der Waals surface area contributed by atoms with Crippen LogP contribution in [-0.2, 0) is 28.8 Å². The number of hydrogen-bond acceptors (Lipinski definition) is 6. The summed E-state index contributed by atoms with van der Waals surface area (Å²) in [5.41, 5.74) is 0. The van der Waals surface area contributed by atoms with Crippen molar-refractivity contribution in [3.8, 4) is 0 Å². The molecule has 0 rings (SSSR count). The first-order valence-corrected chi connectivity index (χ1v) is 7.62. The van der Waals surface area contributed by atoms with Crippen LogP contribution < -0.4 is 10.6 Å². The van der Waals surface area contributed by atoms with Gasteiger partial charge in [0.25, 0.3) is 0 Å². The quantitative estimate of drug-likeness (QED) is 0.256. The number of ketones is 1. The summed E-state index contributed by atoms with van der Waals surface area (Å²) in [5.74, 6) is -5.19. The molecule has 0 heterocycles. The highest BCUT2D eigenvalue weighted by Crippen LogP contribution is 2.04. The number of aldehydes is 1. The van der Waals surface area contributed by atoms with E-state index in [1.54, 1.807) is 0 Å². The summed E-state index contributed by atoms with van der Waals surface area (Å²) >= 11 is 0. The number of carboxylic acids is 2. The molecule has 0 aromatic rings. The van der Waals surface area contributed by atoms with Crippen molar-refractivity contribution in [1.29, 1.82) is 0 Å². The Kier molecular flexibility index (Phi) is 10.6. The molecular weight excluding hydrogens is 348 g/mol. The minimum Gasteiger partial charge on any atom is -0.478 e. The Hall–Kier alpha value is -3.30. The zero-order chi connectivity index (χ0) is 20.1. The van der Waals surface area contributed by atoms with Crippen LogP contribution in [0.1, 0.15) is 26.2 Å². The maximum absolute atomic E-state index is 12.2. The van der Waals surface area contributed by atoms with E-state index in [1.165, 1.54) is 0 Å². The van der Waals surface area contributed by atoms with Gasteiger partial charge in [0.15, 0.2) is 5.78 Å². The lowest BCUT2D eigenvalue weighted by atomic mass is 10.00. The van der Waals surface area contributed by atoms with E-state index in [2.05, 4.69) is 10.6 Å². The third-order valence-electron chi connectivity index (χ3n) is 2.99. The van der Waals surface area contributed by atoms with E-state index in [9.17, 15) is 28.8 Å². The molecule has 10 nitrogen and oxygen atoms in total. The van der Waals surface area contributed by atoms with Gasteiger partial charge in [0.05, 0.1) is 0 Å². The maximum atomic E-state index is 12.2. The average molecular weight is 368 g/mol. The molecule has 0 saturated heterocycles. The predicted octanol–water partition coefficient (Wildman–Crippen LogP) is -0.804. The van der Waals surface area contributed by atoms with Crippen molar-refractivity contribution in [2.24, 2.45) is 0 Å². The zero-order valence-electron chi connectivity index (χ0n) is 14.0. The molecule has 2 amide bonds. The van der Waals surface area contributed by atoms with Gasteiger partial charge in [-0.25, -0.2) is 9.59 Å². The zero-order valence-corrected chi connectivity index (χ0v) is 14.0. The summed E-state index contributed by atoms with van der Waals surface area (Å²) in [6.07, 6.45) is 3.80. The molecule has 0 aliphatic rings. The number of unbranched alkanes of at least 4 members (excludes halogenated alkanes) is 1. The average Bonchev–Trinajstić information content (AvgIpc) is 2.58. The highest BCUT2D eigenvalue weighted by molar-refractivity contribution is 6.00. The van der Waals surface area contributed by atoms with Gasteiger partial charge in [0, 0.05) is 30.7 Å². The number of carbonyl (C=O) groups excluding carboxylic acids is 4. The van der Waals surface area contributed by atoms with E-state index in [0.717, 1.165) is 0 Å². The maximum Gasteiger partial charge on any atom is 0.328 e. The molecule has 142 valence electrons. The molecule has 2 atom stereocenters. The monoisotopic (exact) mass is 368 g/mol. The minimum atomic E-state index is -1.45. The predicted molar refractivity (Wildman–Crippen MR) is 88.0 cm³/mol. The standard InChI is InChI=1S/C16H20N2O8/c1-2-3-4-11(20)16(18-13(22)6-8-15(25)26)10(9-19)17-12(21)5-7-14(23)24/h5-10,16H,2-4H2,1H3,(H,17,21)(H,18,22)(H,23,24)(H,25,26)/b7-5-,8-6-. The number of nitrogens with one attached hydrogen (secondary N) is 2. The molecule has 0 aliphatic carbocycles. The van der Waals surface area contributed by atoms with Crippen LogP contribution in [0.3, 0.4) is 0 Å². The molecule has 0 fully saturated rings. The molecule has 0 radical (unpaired) electrons. The van der Waals surface area contributed by atoms with Crippen molar-refractivity contribution in [3.63, 3.8) is 0 Å². The number of aliphatic carboxylic acids is 2. The van der Waals surface area contributed by atoms with Crippen molar-refractivity contribution in [2.45, 2.75) is 38.3 Å². The van der Waals surface area contributed by atoms with Crippen LogP contribution in [-0.4, -0.2) is 58.1 Å². The summed E-state index contributed by atoms with van der Waals surface area (Å²) in [6.45, 7) is 1.83. The summed E-state index contributed by atoms with van der Waals surface area (Å²) in [5, 5.41) is 21.3. The van der Waals surface area contributed by atoms with Gasteiger partial charge in [-0.3, -0.25) is 14.4 Å². The van der Waals surface area contributed by atoms with E-state index in [-0.39, 0.29) is 12.7 Å². The van der Waals surface area contributed by atoms with Crippen LogP contribution in [0.25, 0.3) is 0 Å². The van der Waals surface area contributed by atoms with E-state index >= 15 is 0 Å². The molecule has 0 aromatic carbocycles. The third kappa shape index (κ3) is 9.75. The Morgan fingerprint density at radius 2 is 1.38 bits per heavy atom. The minimum absolute atomic E-state index is 0.0231. The lowest BCUT2D eigenvalue weighted by molar-refractivity contribution is -0.132. The van der Waals surface area contributed by atoms with E-state index in [1.807, 2.05) is 6.92 Å². The van der Waals surface area contributed by atoms with Crippen LogP contribution in [0.15, 0.2) is 24.3 Å². The Morgan fingerprint density at radius 1 is 0.885 bits per heavy atom. The van der Waals surface area contributed by atoms with E-state index < -0.39 is 41.6 Å². The summed E-state index contributed by atoms with van der Waals surface area (Å²) in [4.78, 5) is 67.7. The van der Waals surface area contributed by atoms with Gasteiger partial charge >= 0.3 is 11.9 Å². The van der Waals surface area contributed by atoms with Gasteiger partial charge in [-0.1, -0.05) is 13.3 Å². The fourth-order valence-corrected chi connectivity index (χ4v) is 1.78. The Balaban J connectivity index is 5.30. The van der Waals surface area contributed by atoms with Crippen LogP contribution in [0.5, 0.6) is 0 Å². The molecule has 0 bridgehead atoms. The molecule has 0 spiro atoms. The number of rotatable bonds is 12. The third-order valence-corrected chi connectivity index (χ3v) is 2.99. The topological polar surface area (TPSA) is 167 Å². The number of hydrogen-bond donors (Lipinski definition) is 4. The number of amides is 2. The Bertz CT molecular complexity index is 624. The first-order chi connectivity index (χ1) is 12.2. The summed E-state index contributed by atoms with van der Waals surface area (Å²) in [6, 6.07) is -2.88. The van der Waals surface area contributed by atoms with Crippen molar-refractivity contribution in [1.82, 2.24) is 10.6 Å². The smallest absolute Gasteiger partial charge is 0.328 e. The second-order valence-electron chi connectivity index (χ2n) is 5.07. The van der Waals surface area contributed by atoms with E-state index in [0.29, 0.717) is 37.1 Å². The van der Waals surface area contributed by atoms with Crippen molar-refractivity contribution in [2.75, 3.05) is 0 Å². The van der Waals surface area contributed by atoms with Crippen LogP contribution >= 0.6 is 0 Å². The molecular formula is C16H20N2O8. The first kappa shape index (κ1) is 22.7. The second kappa shape index (κ2) is 12.1. The van der Waals surface area contributed by atoms with Crippen molar-refractivity contribution >= 4 is 35.8 Å². The van der Waals surface area contributed by atoms with Crippen LogP contribution in [0.4, 0.5) is 0 Å². The molecule has 0 aliphatic heterocycles. The van der Waals surface area contributed by atoms with Gasteiger partial charge < -0.3 is 25.6 Å². The van der Waals surface area contributed by atoms with Crippen LogP contribution in [0.2, 0.25) is 0 Å². The van der Waals surface area contributed by atoms with Gasteiger partial charge in [0.2, 0.25) is 11.8 Å². The molecule has 10 heteroatoms. The second-order valence-corrected chi connectivity index (χ2v) is 5.07. The van der Waals surface area contributed by atoms with Gasteiger partial charge in [0.1, 0.15) is 18.4 Å². The lowest BCUT2D eigenvalue weighted by Crippen LogP contribution is -2.56. The summed E-state index contributed by atoms with van der Waals surface area (Å²) < 4.78 is 0. The lowest BCUT2D eigenvalue weighted by Gasteiger charge is -2.23. The normalized spacial score (nSPS) is 13.1. The Morgan fingerprint density at radius 3 is 1.81 bits per heavy atom. The molecule has 0 saturated carbocycles. The van der Waals surface area contributed by atoms with Gasteiger partial charge in [-0.15, -0.1) is 0 Å². The van der Waals surface area contributed by atoms with Crippen molar-refractivity contribution in [3.05, 3.63) is 24.3 Å². The highest BCUT2D eigenvalue weighted by Gasteiger charge is 2.29.